The fraction of sp³-hybridized carbons (Fsp3) is 0.286. The number of aromatic nitrogens is 4. The molecular weight excluding hydrogens is 182 g/mol. The Labute approximate surface area is 80.3 Å². The first kappa shape index (κ1) is 8.70. The van der Waals surface area contributed by atoms with E-state index in [4.69, 9.17) is 5.73 Å². The van der Waals surface area contributed by atoms with Crippen molar-refractivity contribution in [3.05, 3.63) is 6.33 Å². The lowest BCUT2D eigenvalue weighted by molar-refractivity contribution is 0.493. The van der Waals surface area contributed by atoms with Gasteiger partial charge in [0.15, 0.2) is 11.5 Å². The monoisotopic (exact) mass is 193 g/mol. The Morgan fingerprint density at radius 2 is 2.21 bits per heavy atom. The zero-order chi connectivity index (χ0) is 10.1. The number of nitrogens with zero attached hydrogens (tertiary/aromatic N) is 4. The molecule has 0 fully saturated rings. The number of rotatable bonds is 2. The Hall–Kier alpha value is -1.89. The van der Waals surface area contributed by atoms with Gasteiger partial charge in [0.25, 0.3) is 0 Å². The normalized spacial score (nSPS) is 11.1. The summed E-state index contributed by atoms with van der Waals surface area (Å²) in [4.78, 5) is 15.0. The second-order valence-electron chi connectivity index (χ2n) is 3.04. The van der Waals surface area contributed by atoms with Crippen LogP contribution in [0.1, 0.15) is 0 Å². The summed E-state index contributed by atoms with van der Waals surface area (Å²) >= 11 is 0. The van der Waals surface area contributed by atoms with Gasteiger partial charge >= 0.3 is 0 Å². The zero-order valence-corrected chi connectivity index (χ0v) is 7.94. The van der Waals surface area contributed by atoms with Gasteiger partial charge in [0.1, 0.15) is 5.52 Å². The molecule has 0 spiro atoms. The molecule has 0 aliphatic carbocycles. The van der Waals surface area contributed by atoms with E-state index in [1.165, 1.54) is 0 Å². The van der Waals surface area contributed by atoms with Crippen LogP contribution >= 0.6 is 0 Å². The maximum Gasteiger partial charge on any atom is 0.224 e. The van der Waals surface area contributed by atoms with Crippen LogP contribution in [-0.4, -0.2) is 39.0 Å². The summed E-state index contributed by atoms with van der Waals surface area (Å²) in [6, 6.07) is 0. The number of anilines is 2. The van der Waals surface area contributed by atoms with E-state index in [9.17, 15) is 0 Å². The molecule has 0 bridgehead atoms. The molecule has 0 aliphatic rings. The van der Waals surface area contributed by atoms with Crippen LogP contribution in [0.25, 0.3) is 11.2 Å². The van der Waals surface area contributed by atoms with Crippen LogP contribution < -0.4 is 11.2 Å². The van der Waals surface area contributed by atoms with Crippen molar-refractivity contribution in [1.82, 2.24) is 24.9 Å². The fourth-order valence-electron chi connectivity index (χ4n) is 1.14. The number of nitrogens with two attached hydrogens (primary N) is 1. The van der Waals surface area contributed by atoms with E-state index in [0.29, 0.717) is 11.5 Å². The smallest absolute Gasteiger partial charge is 0.224 e. The number of fused-ring (bicyclic) bond motifs is 1. The van der Waals surface area contributed by atoms with Crippen LogP contribution in [0.4, 0.5) is 11.8 Å². The average molecular weight is 193 g/mol. The molecule has 0 saturated heterocycles. The van der Waals surface area contributed by atoms with Gasteiger partial charge in [-0.3, -0.25) is 0 Å². The second kappa shape index (κ2) is 3.11. The first-order valence-corrected chi connectivity index (χ1v) is 4.07. The lowest BCUT2D eigenvalue weighted by Crippen LogP contribution is -2.21. The quantitative estimate of drug-likeness (QED) is 0.573. The topological polar surface area (TPSA) is 95.8 Å². The van der Waals surface area contributed by atoms with E-state index in [0.717, 1.165) is 5.52 Å². The summed E-state index contributed by atoms with van der Waals surface area (Å²) in [5.74, 6) is 0.823. The standard InChI is InChI=1S/C7H11N7/c1-14(2)13-6-4-5(10-3-9-4)11-7(8)12-6/h3H,1-2H3,(H4,8,9,10,11,12,13). The summed E-state index contributed by atoms with van der Waals surface area (Å²) in [5.41, 5.74) is 9.83. The second-order valence-corrected chi connectivity index (χ2v) is 3.04. The van der Waals surface area contributed by atoms with Gasteiger partial charge in [-0.15, -0.1) is 0 Å². The van der Waals surface area contributed by atoms with Gasteiger partial charge in [0.05, 0.1) is 6.33 Å². The van der Waals surface area contributed by atoms with Crippen molar-refractivity contribution in [2.75, 3.05) is 25.3 Å². The third-order valence-corrected chi connectivity index (χ3v) is 1.63. The Morgan fingerprint density at radius 3 is 2.93 bits per heavy atom. The van der Waals surface area contributed by atoms with Crippen LogP contribution in [0, 0.1) is 0 Å². The van der Waals surface area contributed by atoms with Crippen LogP contribution in [0.15, 0.2) is 6.33 Å². The van der Waals surface area contributed by atoms with Gasteiger partial charge in [-0.05, 0) is 0 Å². The molecule has 0 atom stereocenters. The number of H-pyrrole nitrogens is 1. The van der Waals surface area contributed by atoms with Crippen molar-refractivity contribution in [2.24, 2.45) is 0 Å². The molecule has 4 N–H and O–H groups in total. The lowest BCUT2D eigenvalue weighted by atomic mass is 10.5. The van der Waals surface area contributed by atoms with E-state index >= 15 is 0 Å². The molecule has 0 aromatic carbocycles. The SMILES string of the molecule is CN(C)Nc1nc(N)nc2nc[nH]c12. The summed E-state index contributed by atoms with van der Waals surface area (Å²) < 4.78 is 0. The van der Waals surface area contributed by atoms with Crippen molar-refractivity contribution in [3.63, 3.8) is 0 Å². The summed E-state index contributed by atoms with van der Waals surface area (Å²) in [5, 5.41) is 1.77. The molecule has 0 amide bonds. The number of hydrogen-bond donors (Lipinski definition) is 3. The molecule has 0 aliphatic heterocycles. The Balaban J connectivity index is 2.55. The van der Waals surface area contributed by atoms with Crippen molar-refractivity contribution in [3.8, 4) is 0 Å². The minimum atomic E-state index is 0.203. The number of nitrogen functional groups attached to an aromatic ring is 1. The highest BCUT2D eigenvalue weighted by atomic mass is 15.5. The van der Waals surface area contributed by atoms with E-state index < -0.39 is 0 Å². The predicted octanol–water partition coefficient (Wildman–Crippen LogP) is -0.176. The van der Waals surface area contributed by atoms with Gasteiger partial charge in [-0.25, -0.2) is 9.99 Å². The maximum atomic E-state index is 5.52. The Morgan fingerprint density at radius 1 is 1.43 bits per heavy atom. The summed E-state index contributed by atoms with van der Waals surface area (Å²) in [7, 11) is 3.72. The van der Waals surface area contributed by atoms with Gasteiger partial charge in [-0.2, -0.15) is 9.97 Å². The molecule has 2 rings (SSSR count). The average Bonchev–Trinajstić information content (AvgIpc) is 2.50. The minimum absolute atomic E-state index is 0.203. The highest BCUT2D eigenvalue weighted by Gasteiger charge is 2.07. The molecule has 0 radical (unpaired) electrons. The van der Waals surface area contributed by atoms with Crippen molar-refractivity contribution >= 4 is 22.9 Å². The van der Waals surface area contributed by atoms with Gasteiger partial charge in [-0.1, -0.05) is 0 Å². The first-order chi connectivity index (χ1) is 6.66. The number of hydrazine groups is 1. The number of nitrogens with one attached hydrogen (secondary N) is 2. The Kier molecular flexibility index (Phi) is 1.93. The molecule has 7 heteroatoms. The molecule has 0 saturated carbocycles. The number of aromatic amines is 1. The molecule has 0 unspecified atom stereocenters. The predicted molar refractivity (Wildman–Crippen MR) is 53.4 cm³/mol. The molecule has 2 aromatic rings. The lowest BCUT2D eigenvalue weighted by Gasteiger charge is -2.12. The molecular formula is C7H11N7. The van der Waals surface area contributed by atoms with Gasteiger partial charge in [0, 0.05) is 14.1 Å². The highest BCUT2D eigenvalue weighted by molar-refractivity contribution is 5.83. The van der Waals surface area contributed by atoms with Crippen LogP contribution in [0.2, 0.25) is 0 Å². The van der Waals surface area contributed by atoms with Crippen molar-refractivity contribution in [2.45, 2.75) is 0 Å². The number of imidazole rings is 1. The fourth-order valence-corrected chi connectivity index (χ4v) is 1.14. The largest absolute Gasteiger partial charge is 0.368 e. The van der Waals surface area contributed by atoms with E-state index in [2.05, 4.69) is 25.4 Å². The van der Waals surface area contributed by atoms with Crippen LogP contribution in [-0.2, 0) is 0 Å². The summed E-state index contributed by atoms with van der Waals surface area (Å²) in [6.07, 6.45) is 1.56. The van der Waals surface area contributed by atoms with Crippen molar-refractivity contribution in [1.29, 1.82) is 0 Å². The van der Waals surface area contributed by atoms with Crippen LogP contribution in [0.3, 0.4) is 0 Å². The molecule has 2 heterocycles. The minimum Gasteiger partial charge on any atom is -0.368 e. The van der Waals surface area contributed by atoms with E-state index in [-0.39, 0.29) is 5.95 Å². The molecule has 14 heavy (non-hydrogen) atoms. The summed E-state index contributed by atoms with van der Waals surface area (Å²) in [6.45, 7) is 0. The molecule has 7 nitrogen and oxygen atoms in total. The maximum absolute atomic E-state index is 5.52. The van der Waals surface area contributed by atoms with Gasteiger partial charge in [0.2, 0.25) is 5.95 Å². The first-order valence-electron chi connectivity index (χ1n) is 4.07. The third kappa shape index (κ3) is 1.44. The van der Waals surface area contributed by atoms with Gasteiger partial charge < -0.3 is 16.1 Å². The number of hydrogen-bond acceptors (Lipinski definition) is 6. The zero-order valence-electron chi connectivity index (χ0n) is 7.94. The van der Waals surface area contributed by atoms with Crippen LogP contribution in [0.5, 0.6) is 0 Å². The van der Waals surface area contributed by atoms with Crippen molar-refractivity contribution < 1.29 is 0 Å². The molecule has 2 aromatic heterocycles. The van der Waals surface area contributed by atoms with E-state index in [1.807, 2.05) is 14.1 Å². The third-order valence-electron chi connectivity index (χ3n) is 1.63. The van der Waals surface area contributed by atoms with E-state index in [1.54, 1.807) is 11.3 Å². The highest BCUT2D eigenvalue weighted by Crippen LogP contribution is 2.16. The molecule has 74 valence electrons. The Bertz CT molecular complexity index is 446.